The number of benzene rings is 2. The molecule has 2 amide bonds. The molecule has 3 aromatic rings. The van der Waals surface area contributed by atoms with Crippen molar-refractivity contribution in [1.29, 1.82) is 0 Å². The van der Waals surface area contributed by atoms with Crippen LogP contribution in [-0.4, -0.2) is 30.0 Å². The van der Waals surface area contributed by atoms with Crippen LogP contribution in [0.3, 0.4) is 0 Å². The van der Waals surface area contributed by atoms with Crippen molar-refractivity contribution in [2.75, 3.05) is 13.7 Å². The molecule has 0 aliphatic carbocycles. The van der Waals surface area contributed by atoms with Crippen molar-refractivity contribution in [3.05, 3.63) is 81.6 Å². The van der Waals surface area contributed by atoms with Gasteiger partial charge in [0.2, 0.25) is 0 Å². The van der Waals surface area contributed by atoms with E-state index in [9.17, 15) is 9.59 Å². The molecule has 1 N–H and O–H groups in total. The van der Waals surface area contributed by atoms with Crippen LogP contribution in [0.2, 0.25) is 0 Å². The summed E-state index contributed by atoms with van der Waals surface area (Å²) in [5.41, 5.74) is 2.04. The van der Waals surface area contributed by atoms with Gasteiger partial charge in [-0.1, -0.05) is 18.2 Å². The lowest BCUT2D eigenvalue weighted by atomic mass is 10.1. The lowest BCUT2D eigenvalue weighted by Gasteiger charge is -2.07. The van der Waals surface area contributed by atoms with Crippen molar-refractivity contribution in [3.8, 4) is 5.75 Å². The van der Waals surface area contributed by atoms with Crippen LogP contribution in [0.25, 0.3) is 0 Å². The smallest absolute Gasteiger partial charge is 0.279 e. The van der Waals surface area contributed by atoms with Gasteiger partial charge in [0, 0.05) is 35.8 Å². The highest BCUT2D eigenvalue weighted by molar-refractivity contribution is 7.07. The highest BCUT2D eigenvalue weighted by Crippen LogP contribution is 2.13. The van der Waals surface area contributed by atoms with E-state index >= 15 is 0 Å². The van der Waals surface area contributed by atoms with Gasteiger partial charge in [-0.05, 0) is 42.8 Å². The Morgan fingerprint density at radius 3 is 2.71 bits per heavy atom. The van der Waals surface area contributed by atoms with E-state index < -0.39 is 0 Å². The Bertz CT molecular complexity index is 1050. The average Bonchev–Trinajstić information content (AvgIpc) is 3.15. The molecule has 144 valence electrons. The number of carbonyl (C=O) groups excluding carboxylic acids is 2. The first kappa shape index (κ1) is 19.6. The Hall–Kier alpha value is -3.19. The number of hydrogen-bond donors (Lipinski definition) is 1. The summed E-state index contributed by atoms with van der Waals surface area (Å²) in [5, 5.41) is 4.68. The minimum Gasteiger partial charge on any atom is -0.497 e. The lowest BCUT2D eigenvalue weighted by molar-refractivity contribution is 0.0954. The number of amides is 2. The minimum absolute atomic E-state index is 0.0993. The zero-order valence-electron chi connectivity index (χ0n) is 15.7. The number of hydrogen-bond acceptors (Lipinski definition) is 4. The van der Waals surface area contributed by atoms with E-state index in [2.05, 4.69) is 10.3 Å². The molecule has 1 aromatic heterocycles. The summed E-state index contributed by atoms with van der Waals surface area (Å²) in [6.07, 6.45) is 1.88. The van der Waals surface area contributed by atoms with Gasteiger partial charge in [-0.25, -0.2) is 0 Å². The van der Waals surface area contributed by atoms with E-state index in [1.807, 2.05) is 41.3 Å². The fraction of sp³-hybridized carbons (Fsp3) is 0.190. The Labute approximate surface area is 167 Å². The molecule has 0 saturated heterocycles. The molecule has 2 aromatic carbocycles. The number of thiazole rings is 1. The number of aromatic nitrogens is 1. The van der Waals surface area contributed by atoms with E-state index in [1.54, 1.807) is 37.4 Å². The number of methoxy groups -OCH3 is 1. The van der Waals surface area contributed by atoms with Gasteiger partial charge in [0.15, 0.2) is 4.80 Å². The van der Waals surface area contributed by atoms with Gasteiger partial charge < -0.3 is 14.6 Å². The second-order valence-electron chi connectivity index (χ2n) is 6.02. The summed E-state index contributed by atoms with van der Waals surface area (Å²) in [5.74, 6) is 0.186. The molecule has 0 radical (unpaired) electrons. The zero-order valence-corrected chi connectivity index (χ0v) is 16.5. The van der Waals surface area contributed by atoms with Gasteiger partial charge in [0.1, 0.15) is 5.75 Å². The molecular formula is C21H21N3O3S. The third-order valence-corrected chi connectivity index (χ3v) is 4.85. The summed E-state index contributed by atoms with van der Waals surface area (Å²) < 4.78 is 7.05. The topological polar surface area (TPSA) is 72.7 Å². The Balaban J connectivity index is 1.84. The number of ether oxygens (including phenoxy) is 1. The summed E-state index contributed by atoms with van der Waals surface area (Å²) >= 11 is 1.39. The Morgan fingerprint density at radius 2 is 1.93 bits per heavy atom. The van der Waals surface area contributed by atoms with Gasteiger partial charge in [-0.2, -0.15) is 4.99 Å². The van der Waals surface area contributed by atoms with Crippen LogP contribution in [-0.2, 0) is 6.54 Å². The van der Waals surface area contributed by atoms with Gasteiger partial charge in [-0.15, -0.1) is 11.3 Å². The first-order chi connectivity index (χ1) is 13.6. The van der Waals surface area contributed by atoms with Crippen molar-refractivity contribution in [2.24, 2.45) is 4.99 Å². The number of carbonyl (C=O) groups is 2. The van der Waals surface area contributed by atoms with Crippen LogP contribution in [0, 0.1) is 0 Å². The quantitative estimate of drug-likeness (QED) is 0.697. The molecule has 1 heterocycles. The van der Waals surface area contributed by atoms with Gasteiger partial charge in [-0.3, -0.25) is 9.59 Å². The third kappa shape index (κ3) is 4.75. The summed E-state index contributed by atoms with van der Waals surface area (Å²) in [7, 11) is 1.56. The first-order valence-corrected chi connectivity index (χ1v) is 9.73. The highest BCUT2D eigenvalue weighted by Gasteiger charge is 2.08. The average molecular weight is 395 g/mol. The molecule has 7 heteroatoms. The maximum Gasteiger partial charge on any atom is 0.279 e. The monoisotopic (exact) mass is 395 g/mol. The van der Waals surface area contributed by atoms with Crippen molar-refractivity contribution in [2.45, 2.75) is 13.5 Å². The number of rotatable bonds is 6. The van der Waals surface area contributed by atoms with Crippen molar-refractivity contribution in [1.82, 2.24) is 9.88 Å². The van der Waals surface area contributed by atoms with E-state index in [4.69, 9.17) is 4.74 Å². The van der Waals surface area contributed by atoms with Crippen LogP contribution in [0.4, 0.5) is 0 Å². The fourth-order valence-corrected chi connectivity index (χ4v) is 3.41. The first-order valence-electron chi connectivity index (χ1n) is 8.85. The largest absolute Gasteiger partial charge is 0.497 e. The summed E-state index contributed by atoms with van der Waals surface area (Å²) in [4.78, 5) is 29.4. The maximum absolute atomic E-state index is 12.5. The van der Waals surface area contributed by atoms with Gasteiger partial charge in [0.05, 0.1) is 7.11 Å². The number of nitrogens with zero attached hydrogens (tertiary/aromatic N) is 2. The second-order valence-corrected chi connectivity index (χ2v) is 6.90. The van der Waals surface area contributed by atoms with E-state index in [0.29, 0.717) is 34.8 Å². The normalized spacial score (nSPS) is 11.3. The summed E-state index contributed by atoms with van der Waals surface area (Å²) in [6, 6.07) is 14.3. The molecule has 0 unspecified atom stereocenters. The van der Waals surface area contributed by atoms with Crippen LogP contribution in [0.15, 0.2) is 65.1 Å². The molecule has 0 bridgehead atoms. The standard InChI is InChI=1S/C21H21N3O3S/c1-3-22-19(25)16-7-4-6-15(12-16)14-24-10-11-28-21(24)23-20(26)17-8-5-9-18(13-17)27-2/h4-13H,3,14H2,1-2H3,(H,22,25). The van der Waals surface area contributed by atoms with Crippen molar-refractivity contribution < 1.29 is 14.3 Å². The van der Waals surface area contributed by atoms with Gasteiger partial charge >= 0.3 is 0 Å². The van der Waals surface area contributed by atoms with Crippen LogP contribution in [0.5, 0.6) is 5.75 Å². The lowest BCUT2D eigenvalue weighted by Crippen LogP contribution is -2.23. The SMILES string of the molecule is CCNC(=O)c1cccc(Cn2ccsc2=NC(=O)c2cccc(OC)c2)c1. The van der Waals surface area contributed by atoms with Crippen molar-refractivity contribution >= 4 is 23.2 Å². The van der Waals surface area contributed by atoms with E-state index in [0.717, 1.165) is 5.56 Å². The Morgan fingerprint density at radius 1 is 1.14 bits per heavy atom. The maximum atomic E-state index is 12.5. The fourth-order valence-electron chi connectivity index (χ4n) is 2.68. The zero-order chi connectivity index (χ0) is 19.9. The molecule has 0 fully saturated rings. The van der Waals surface area contributed by atoms with E-state index in [-0.39, 0.29) is 11.8 Å². The molecule has 6 nitrogen and oxygen atoms in total. The van der Waals surface area contributed by atoms with Crippen LogP contribution >= 0.6 is 11.3 Å². The molecule has 0 spiro atoms. The predicted octanol–water partition coefficient (Wildman–Crippen LogP) is 3.10. The van der Waals surface area contributed by atoms with Crippen molar-refractivity contribution in [3.63, 3.8) is 0 Å². The molecule has 0 aliphatic heterocycles. The second kappa shape index (κ2) is 9.14. The van der Waals surface area contributed by atoms with Crippen LogP contribution in [0.1, 0.15) is 33.2 Å². The van der Waals surface area contributed by atoms with Gasteiger partial charge in [0.25, 0.3) is 11.8 Å². The Kier molecular flexibility index (Phi) is 6.39. The highest BCUT2D eigenvalue weighted by atomic mass is 32.1. The third-order valence-electron chi connectivity index (χ3n) is 4.05. The molecule has 0 atom stereocenters. The van der Waals surface area contributed by atoms with Crippen LogP contribution < -0.4 is 14.9 Å². The summed E-state index contributed by atoms with van der Waals surface area (Å²) in [6.45, 7) is 2.98. The molecule has 3 rings (SSSR count). The number of nitrogens with one attached hydrogen (secondary N) is 1. The molecule has 0 saturated carbocycles. The minimum atomic E-state index is -0.328. The molecule has 0 aliphatic rings. The molecule has 28 heavy (non-hydrogen) atoms. The molecular weight excluding hydrogens is 374 g/mol. The van der Waals surface area contributed by atoms with E-state index in [1.165, 1.54) is 11.3 Å². The predicted molar refractivity (Wildman–Crippen MR) is 109 cm³/mol.